The van der Waals surface area contributed by atoms with Gasteiger partial charge in [0.25, 0.3) is 11.8 Å². The molecule has 4 aromatic rings. The van der Waals surface area contributed by atoms with E-state index in [9.17, 15) is 9.59 Å². The quantitative estimate of drug-likeness (QED) is 0.116. The Morgan fingerprint density at radius 3 is 2.28 bits per heavy atom. The van der Waals surface area contributed by atoms with Gasteiger partial charge in [-0.15, -0.1) is 0 Å². The van der Waals surface area contributed by atoms with Crippen LogP contribution < -0.4 is 25.4 Å². The second-order valence-corrected chi connectivity index (χ2v) is 18.3. The van der Waals surface area contributed by atoms with Gasteiger partial charge in [-0.1, -0.05) is 31.8 Å². The third-order valence-corrected chi connectivity index (χ3v) is 9.82. The molecule has 0 aliphatic heterocycles. The van der Waals surface area contributed by atoms with Crippen molar-refractivity contribution in [3.63, 3.8) is 0 Å². The molecule has 1 aliphatic rings. The molecule has 5 rings (SSSR count). The van der Waals surface area contributed by atoms with Crippen LogP contribution in [0.15, 0.2) is 48.7 Å². The number of amides is 2. The molecular weight excluding hydrogens is 600 g/mol. The molecule has 2 aromatic carbocycles. The van der Waals surface area contributed by atoms with Crippen LogP contribution in [0.25, 0.3) is 22.2 Å². The Morgan fingerprint density at radius 2 is 1.63 bits per heavy atom. The molecule has 0 radical (unpaired) electrons. The van der Waals surface area contributed by atoms with Crippen LogP contribution in [0.5, 0.6) is 11.6 Å². The van der Waals surface area contributed by atoms with Gasteiger partial charge in [-0.2, -0.15) is 9.97 Å². The Hall–Kier alpha value is -4.42. The minimum absolute atomic E-state index is 0.0483. The van der Waals surface area contributed by atoms with Gasteiger partial charge in [0.05, 0.1) is 18.2 Å². The summed E-state index contributed by atoms with van der Waals surface area (Å²) in [6.07, 6.45) is 6.20. The van der Waals surface area contributed by atoms with E-state index < -0.39 is 8.07 Å². The van der Waals surface area contributed by atoms with Crippen LogP contribution in [0.1, 0.15) is 46.4 Å². The Morgan fingerprint density at radius 1 is 0.957 bits per heavy atom. The molecule has 0 bridgehead atoms. The summed E-state index contributed by atoms with van der Waals surface area (Å²) in [5.41, 5.74) is 4.11. The minimum atomic E-state index is -1.28. The first-order chi connectivity index (χ1) is 22.1. The summed E-state index contributed by atoms with van der Waals surface area (Å²) < 4.78 is 20.4. The van der Waals surface area contributed by atoms with E-state index in [0.717, 1.165) is 48.2 Å². The van der Waals surface area contributed by atoms with Crippen molar-refractivity contribution in [2.24, 2.45) is 0 Å². The number of hydrogen-bond donors (Lipinski definition) is 3. The van der Waals surface area contributed by atoms with Gasteiger partial charge in [0.2, 0.25) is 11.8 Å². The SMILES string of the molecule is CNC(=O)c1ccc(-c2cn(COCC[Si](C)(C)C)c3nc(Nc4ccc(C(=O)NC)cc4OC)nc(OC4CCCC4)c23)cc1. The predicted molar refractivity (Wildman–Crippen MR) is 183 cm³/mol. The summed E-state index contributed by atoms with van der Waals surface area (Å²) in [5.74, 6) is 0.927. The number of nitrogens with zero attached hydrogens (tertiary/aromatic N) is 3. The average Bonchev–Trinajstić information content (AvgIpc) is 3.70. The van der Waals surface area contributed by atoms with Crippen molar-refractivity contribution in [2.75, 3.05) is 33.1 Å². The molecule has 0 unspecified atom stereocenters. The summed E-state index contributed by atoms with van der Waals surface area (Å²) in [7, 11) is 3.48. The molecule has 11 nitrogen and oxygen atoms in total. The number of anilines is 2. The van der Waals surface area contributed by atoms with Gasteiger partial charge in [-0.3, -0.25) is 9.59 Å². The summed E-state index contributed by atoms with van der Waals surface area (Å²) in [6, 6.07) is 13.7. The molecule has 2 amide bonds. The molecule has 2 heterocycles. The maximum Gasteiger partial charge on any atom is 0.251 e. The fraction of sp³-hybridized carbons (Fsp3) is 0.412. The Bertz CT molecular complexity index is 1690. The van der Waals surface area contributed by atoms with Crippen molar-refractivity contribution >= 4 is 42.6 Å². The molecule has 46 heavy (non-hydrogen) atoms. The first-order valence-electron chi connectivity index (χ1n) is 15.7. The fourth-order valence-corrected chi connectivity index (χ4v) is 6.22. The van der Waals surface area contributed by atoms with Crippen LogP contribution in [-0.4, -0.2) is 68.3 Å². The smallest absolute Gasteiger partial charge is 0.251 e. The number of ether oxygens (including phenoxy) is 3. The van der Waals surface area contributed by atoms with Crippen LogP contribution in [0.2, 0.25) is 25.7 Å². The first-order valence-corrected chi connectivity index (χ1v) is 19.5. The molecule has 3 N–H and O–H groups in total. The number of rotatable bonds is 13. The van der Waals surface area contributed by atoms with Gasteiger partial charge >= 0.3 is 0 Å². The highest BCUT2D eigenvalue weighted by molar-refractivity contribution is 6.76. The van der Waals surface area contributed by atoms with Crippen molar-refractivity contribution in [2.45, 2.75) is 64.2 Å². The number of benzene rings is 2. The molecule has 0 atom stereocenters. The van der Waals surface area contributed by atoms with E-state index in [0.29, 0.717) is 53.4 Å². The van der Waals surface area contributed by atoms with Crippen molar-refractivity contribution in [1.82, 2.24) is 25.2 Å². The van der Waals surface area contributed by atoms with Gasteiger partial charge < -0.3 is 34.7 Å². The number of carbonyl (C=O) groups excluding carboxylic acids is 2. The monoisotopic (exact) mass is 644 g/mol. The lowest BCUT2D eigenvalue weighted by atomic mass is 10.0. The lowest BCUT2D eigenvalue weighted by Gasteiger charge is -2.17. The first kappa shape index (κ1) is 33.0. The average molecular weight is 645 g/mol. The molecular formula is C34H44N6O5Si. The van der Waals surface area contributed by atoms with Crippen LogP contribution in [0, 0.1) is 0 Å². The fourth-order valence-electron chi connectivity index (χ4n) is 5.46. The Labute approximate surface area is 271 Å². The number of nitrogens with one attached hydrogen (secondary N) is 3. The van der Waals surface area contributed by atoms with E-state index in [4.69, 9.17) is 24.2 Å². The third-order valence-electron chi connectivity index (χ3n) is 8.11. The van der Waals surface area contributed by atoms with Crippen LogP contribution in [-0.2, 0) is 11.5 Å². The number of fused-ring (bicyclic) bond motifs is 1. The normalized spacial score (nSPS) is 13.5. The second kappa shape index (κ2) is 14.3. The summed E-state index contributed by atoms with van der Waals surface area (Å²) in [5, 5.41) is 9.40. The lowest BCUT2D eigenvalue weighted by Crippen LogP contribution is -2.22. The molecule has 0 spiro atoms. The molecule has 1 aliphatic carbocycles. The van der Waals surface area contributed by atoms with Crippen LogP contribution in [0.4, 0.5) is 11.6 Å². The van der Waals surface area contributed by atoms with Crippen molar-refractivity contribution in [3.05, 3.63) is 59.8 Å². The lowest BCUT2D eigenvalue weighted by molar-refractivity contribution is 0.0899. The van der Waals surface area contributed by atoms with Crippen molar-refractivity contribution in [3.8, 4) is 22.8 Å². The predicted octanol–water partition coefficient (Wildman–Crippen LogP) is 6.20. The summed E-state index contributed by atoms with van der Waals surface area (Å²) >= 11 is 0. The van der Waals surface area contributed by atoms with E-state index >= 15 is 0 Å². The zero-order chi connectivity index (χ0) is 32.8. The van der Waals surface area contributed by atoms with Crippen LogP contribution >= 0.6 is 0 Å². The molecule has 12 heteroatoms. The standard InChI is InChI=1S/C34H44N6O5Si/c1-35-31(41)23-13-11-22(12-14-23)26-20-40(21-44-17-18-46(4,5)6)30-29(26)33(45-25-9-7-8-10-25)39-34(38-30)37-27-16-15-24(32(42)36-2)19-28(27)43-3/h11-16,19-20,25H,7-10,17-18,21H2,1-6H3,(H,35,41)(H,36,42)(H,37,38,39). The van der Waals surface area contributed by atoms with Gasteiger partial charge in [0.1, 0.15) is 18.6 Å². The van der Waals surface area contributed by atoms with E-state index in [1.807, 2.05) is 35.0 Å². The number of methoxy groups -OCH3 is 1. The highest BCUT2D eigenvalue weighted by Gasteiger charge is 2.25. The third kappa shape index (κ3) is 7.68. The summed E-state index contributed by atoms with van der Waals surface area (Å²) in [6.45, 7) is 7.95. The highest BCUT2D eigenvalue weighted by Crippen LogP contribution is 2.39. The van der Waals surface area contributed by atoms with Crippen LogP contribution in [0.3, 0.4) is 0 Å². The van der Waals surface area contributed by atoms with E-state index in [-0.39, 0.29) is 17.9 Å². The summed E-state index contributed by atoms with van der Waals surface area (Å²) in [4.78, 5) is 34.4. The maximum atomic E-state index is 12.2. The van der Waals surface area contributed by atoms with Gasteiger partial charge in [0, 0.05) is 51.7 Å². The van der Waals surface area contributed by atoms with Crippen molar-refractivity contribution < 1.29 is 23.8 Å². The van der Waals surface area contributed by atoms with Gasteiger partial charge in [-0.25, -0.2) is 0 Å². The number of aromatic nitrogens is 3. The number of carbonyl (C=O) groups is 2. The zero-order valence-corrected chi connectivity index (χ0v) is 28.5. The topological polar surface area (TPSA) is 129 Å². The molecule has 0 saturated heterocycles. The largest absolute Gasteiger partial charge is 0.495 e. The molecule has 2 aromatic heterocycles. The van der Waals surface area contributed by atoms with E-state index in [1.165, 1.54) is 0 Å². The highest BCUT2D eigenvalue weighted by atomic mass is 28.3. The van der Waals surface area contributed by atoms with Gasteiger partial charge in [0.15, 0.2) is 5.65 Å². The Kier molecular flexibility index (Phi) is 10.3. The van der Waals surface area contributed by atoms with E-state index in [2.05, 4.69) is 35.6 Å². The molecule has 1 saturated carbocycles. The zero-order valence-electron chi connectivity index (χ0n) is 27.5. The van der Waals surface area contributed by atoms with Gasteiger partial charge in [-0.05, 0) is 67.6 Å². The Balaban J connectivity index is 1.61. The molecule has 1 fully saturated rings. The minimum Gasteiger partial charge on any atom is -0.495 e. The van der Waals surface area contributed by atoms with E-state index in [1.54, 1.807) is 39.4 Å². The maximum absolute atomic E-state index is 12.2. The van der Waals surface area contributed by atoms with Crippen molar-refractivity contribution in [1.29, 1.82) is 0 Å². The second-order valence-electron chi connectivity index (χ2n) is 12.7. The molecule has 244 valence electrons. The number of hydrogen-bond acceptors (Lipinski definition) is 8.